The number of thiazole rings is 2. The summed E-state index contributed by atoms with van der Waals surface area (Å²) in [5, 5.41) is 0.868. The number of hydrogen-bond acceptors (Lipinski definition) is 12. The number of Topliss-reactive ketones (excluding diaryl/α,β-unsaturated/α-hetero) is 4. The average Bonchev–Trinajstić information content (AvgIpc) is 3.95. The van der Waals surface area contributed by atoms with Crippen LogP contribution < -0.4 is 9.47 Å². The number of aliphatic imine (C=N–C) groups is 2. The van der Waals surface area contributed by atoms with Gasteiger partial charge in [0.1, 0.15) is 22.9 Å². The number of ketones is 4. The summed E-state index contributed by atoms with van der Waals surface area (Å²) < 4.78 is 14.2. The van der Waals surface area contributed by atoms with Gasteiger partial charge in [-0.1, -0.05) is 61.2 Å². The Labute approximate surface area is 321 Å². The second kappa shape index (κ2) is 12.3. The van der Waals surface area contributed by atoms with Crippen molar-refractivity contribution in [1.29, 1.82) is 0 Å². The molecule has 6 aliphatic carbocycles. The summed E-state index contributed by atoms with van der Waals surface area (Å²) in [6, 6.07) is 4.15. The molecule has 8 aliphatic rings. The number of hydrogen-bond donors (Lipinski definition) is 0. The molecule has 6 saturated carbocycles. The Bertz CT molecular complexity index is 2030. The molecule has 2 aliphatic heterocycles. The Morgan fingerprint density at radius 1 is 0.519 bits per heavy atom. The van der Waals surface area contributed by atoms with Crippen LogP contribution in [0.3, 0.4) is 0 Å². The molecule has 278 valence electrons. The summed E-state index contributed by atoms with van der Waals surface area (Å²) in [5.74, 6) is 0.0496. The number of benzene rings is 1. The van der Waals surface area contributed by atoms with E-state index in [0.717, 1.165) is 159 Å². The topological polar surface area (TPSA) is 137 Å². The van der Waals surface area contributed by atoms with Crippen LogP contribution in [0.5, 0.6) is 11.5 Å². The molecule has 12 heteroatoms. The fourth-order valence-corrected chi connectivity index (χ4v) is 13.2. The van der Waals surface area contributed by atoms with E-state index in [1.165, 1.54) is 22.7 Å². The molecule has 11 rings (SSSR count). The molecule has 0 amide bonds. The Hall–Kier alpha value is -3.90. The molecule has 1 aromatic carbocycles. The van der Waals surface area contributed by atoms with E-state index < -0.39 is 11.2 Å². The first kappa shape index (κ1) is 33.4. The van der Waals surface area contributed by atoms with Crippen molar-refractivity contribution >= 4 is 67.5 Å². The predicted molar refractivity (Wildman–Crippen MR) is 205 cm³/mol. The second-order valence-corrected chi connectivity index (χ2v) is 18.8. The Kier molecular flexibility index (Phi) is 7.62. The normalized spacial score (nSPS) is 28.8. The van der Waals surface area contributed by atoms with Crippen molar-refractivity contribution < 1.29 is 28.7 Å². The van der Waals surface area contributed by atoms with Crippen LogP contribution in [-0.4, -0.2) is 44.5 Å². The summed E-state index contributed by atoms with van der Waals surface area (Å²) in [5.41, 5.74) is 2.34. The minimum absolute atomic E-state index is 0.0710. The highest BCUT2D eigenvalue weighted by molar-refractivity contribution is 7.19. The Morgan fingerprint density at radius 3 is 1.22 bits per heavy atom. The summed E-state index contributed by atoms with van der Waals surface area (Å²) in [6.07, 6.45) is 16.5. The van der Waals surface area contributed by atoms with E-state index in [9.17, 15) is 19.2 Å². The van der Waals surface area contributed by atoms with Gasteiger partial charge in [0.2, 0.25) is 10.3 Å². The van der Waals surface area contributed by atoms with Gasteiger partial charge in [0, 0.05) is 34.8 Å². The third-order valence-electron chi connectivity index (χ3n) is 13.8. The average molecular weight is 763 g/mol. The number of carbonyl (C=O) groups excluding carboxylic acids is 4. The molecule has 4 unspecified atom stereocenters. The number of nitrogens with zero attached hydrogens (tertiary/aromatic N) is 4. The molecule has 10 nitrogen and oxygen atoms in total. The smallest absolute Gasteiger partial charge is 0.210 e. The van der Waals surface area contributed by atoms with Crippen LogP contribution in [0.15, 0.2) is 22.1 Å². The number of aromatic nitrogens is 2. The molecular weight excluding hydrogens is 721 g/mol. The maximum absolute atomic E-state index is 13.4. The molecule has 6 fully saturated rings. The summed E-state index contributed by atoms with van der Waals surface area (Å²) in [7, 11) is 0. The molecule has 0 N–H and O–H groups in total. The van der Waals surface area contributed by atoms with E-state index in [1.807, 2.05) is 0 Å². The van der Waals surface area contributed by atoms with E-state index in [1.54, 1.807) is 0 Å². The van der Waals surface area contributed by atoms with Gasteiger partial charge in [-0.15, -0.1) is 0 Å². The van der Waals surface area contributed by atoms with Crippen molar-refractivity contribution in [2.45, 2.75) is 127 Å². The van der Waals surface area contributed by atoms with Gasteiger partial charge in [-0.05, 0) is 89.2 Å². The fraction of sp³-hybridized carbons (Fsp3) is 0.571. The van der Waals surface area contributed by atoms with Gasteiger partial charge in [0.25, 0.3) is 0 Å². The lowest BCUT2D eigenvalue weighted by Gasteiger charge is -2.42. The molecule has 2 spiro atoms. The summed E-state index contributed by atoms with van der Waals surface area (Å²) in [6.45, 7) is 0. The zero-order valence-corrected chi connectivity index (χ0v) is 31.9. The van der Waals surface area contributed by atoms with Gasteiger partial charge >= 0.3 is 0 Å². The van der Waals surface area contributed by atoms with Gasteiger partial charge in [-0.2, -0.15) is 0 Å². The predicted octanol–water partition coefficient (Wildman–Crippen LogP) is 9.10. The summed E-state index contributed by atoms with van der Waals surface area (Å²) in [4.78, 5) is 75.3. The SMILES string of the molecule is O=C1C(=Nc2nc3c(s2)-c2cc4c(cc2OC32CCCCC2)-c2sc(N=C3C(=O)C5CCCCC5C3=O)nc2C2(CCCCC2)O4)C(=O)C2CCCCC12. The van der Waals surface area contributed by atoms with Crippen molar-refractivity contribution in [3.8, 4) is 32.4 Å². The first-order valence-corrected chi connectivity index (χ1v) is 21.9. The van der Waals surface area contributed by atoms with Gasteiger partial charge in [-0.25, -0.2) is 20.0 Å². The number of carbonyl (C=O) groups is 4. The van der Waals surface area contributed by atoms with Gasteiger partial charge < -0.3 is 9.47 Å². The maximum atomic E-state index is 13.4. The van der Waals surface area contributed by atoms with Crippen molar-refractivity contribution in [2.24, 2.45) is 33.7 Å². The number of fused-ring (bicyclic) bond motifs is 10. The molecule has 0 bridgehead atoms. The van der Waals surface area contributed by atoms with E-state index in [2.05, 4.69) is 12.1 Å². The molecular formula is C42H42N4O6S2. The zero-order valence-electron chi connectivity index (χ0n) is 30.2. The van der Waals surface area contributed by atoms with Crippen LogP contribution in [0.2, 0.25) is 0 Å². The lowest BCUT2D eigenvalue weighted by Crippen LogP contribution is -2.39. The second-order valence-electron chi connectivity index (χ2n) is 16.9. The molecule has 4 atom stereocenters. The maximum Gasteiger partial charge on any atom is 0.210 e. The van der Waals surface area contributed by atoms with Crippen molar-refractivity contribution in [2.75, 3.05) is 0 Å². The van der Waals surface area contributed by atoms with Crippen LogP contribution in [-0.2, 0) is 30.4 Å². The van der Waals surface area contributed by atoms with Gasteiger partial charge in [0.05, 0.1) is 9.75 Å². The largest absolute Gasteiger partial charge is 0.480 e. The van der Waals surface area contributed by atoms with Gasteiger partial charge in [0.15, 0.2) is 45.8 Å². The van der Waals surface area contributed by atoms with Crippen LogP contribution in [0.4, 0.5) is 10.3 Å². The molecule has 2 aromatic heterocycles. The van der Waals surface area contributed by atoms with E-state index in [-0.39, 0.29) is 58.2 Å². The first-order chi connectivity index (χ1) is 26.3. The molecule has 54 heavy (non-hydrogen) atoms. The first-order valence-electron chi connectivity index (χ1n) is 20.3. The van der Waals surface area contributed by atoms with Crippen LogP contribution >= 0.6 is 22.7 Å². The monoisotopic (exact) mass is 762 g/mol. The number of ether oxygens (including phenoxy) is 2. The van der Waals surface area contributed by atoms with E-state index in [4.69, 9.17) is 29.4 Å². The quantitative estimate of drug-likeness (QED) is 0.252. The Balaban J connectivity index is 1.03. The third kappa shape index (κ3) is 4.86. The molecule has 3 aromatic rings. The lowest BCUT2D eigenvalue weighted by molar-refractivity contribution is -0.120. The van der Waals surface area contributed by atoms with Crippen molar-refractivity contribution in [3.63, 3.8) is 0 Å². The zero-order chi connectivity index (χ0) is 36.3. The fourth-order valence-electron chi connectivity index (χ4n) is 11.1. The Morgan fingerprint density at radius 2 is 0.870 bits per heavy atom. The van der Waals surface area contributed by atoms with Crippen molar-refractivity contribution in [1.82, 2.24) is 9.97 Å². The highest BCUT2D eigenvalue weighted by Crippen LogP contribution is 2.60. The highest BCUT2D eigenvalue weighted by Gasteiger charge is 2.51. The lowest BCUT2D eigenvalue weighted by atomic mass is 9.78. The van der Waals surface area contributed by atoms with Crippen molar-refractivity contribution in [3.05, 3.63) is 23.5 Å². The number of rotatable bonds is 2. The van der Waals surface area contributed by atoms with Crippen LogP contribution in [0.1, 0.15) is 127 Å². The van der Waals surface area contributed by atoms with Crippen LogP contribution in [0, 0.1) is 23.7 Å². The standard InChI is InChI=1S/C42H42N4O6S2/c47-31-21-11-3-4-12-22(21)32(48)29(31)43-39-45-37-35(53-39)25-20-28-26(19-27(25)51-41(37)15-7-1-8-16-41)36-38(42(52-28)17-9-2-10-18-42)46-40(54-36)44-30-33(49)23-13-5-6-14-24(23)34(30)50/h19-24H,1-18H2. The van der Waals surface area contributed by atoms with Gasteiger partial charge in [-0.3, -0.25) is 19.2 Å². The highest BCUT2D eigenvalue weighted by atomic mass is 32.1. The molecule has 4 heterocycles. The van der Waals surface area contributed by atoms with E-state index >= 15 is 0 Å². The minimum atomic E-state index is -0.630. The van der Waals surface area contributed by atoms with E-state index in [0.29, 0.717) is 10.3 Å². The molecule has 0 radical (unpaired) electrons. The molecule has 0 saturated heterocycles. The third-order valence-corrected chi connectivity index (χ3v) is 15.8. The van der Waals surface area contributed by atoms with Crippen LogP contribution in [0.25, 0.3) is 20.9 Å². The minimum Gasteiger partial charge on any atom is -0.480 e. The summed E-state index contributed by atoms with van der Waals surface area (Å²) >= 11 is 2.87.